The highest BCUT2D eigenvalue weighted by molar-refractivity contribution is 7.79. The molecule has 0 atom stereocenters. The zero-order chi connectivity index (χ0) is 6.69. The minimum atomic E-state index is -0.180. The smallest absolute Gasteiger partial charge is 0.251 e. The van der Waals surface area contributed by atoms with Gasteiger partial charge in [0.15, 0.2) is 0 Å². The summed E-state index contributed by atoms with van der Waals surface area (Å²) >= 11 is 4.52. The average molecular weight is 140 g/mol. The second-order valence-corrected chi connectivity index (χ2v) is 1.67. The highest BCUT2D eigenvalue weighted by Crippen LogP contribution is 1.74. The predicted octanol–water partition coefficient (Wildman–Crippen LogP) is 0.118. The lowest BCUT2D eigenvalue weighted by molar-refractivity contribution is 1.10. The molecule has 1 rings (SSSR count). The van der Waals surface area contributed by atoms with E-state index in [1.165, 1.54) is 17.6 Å². The third-order valence-electron chi connectivity index (χ3n) is 0.802. The first-order valence-corrected chi connectivity index (χ1v) is 2.80. The topological polar surface area (TPSA) is 45.8 Å². The predicted molar refractivity (Wildman–Crippen MR) is 37.6 cm³/mol. The van der Waals surface area contributed by atoms with Crippen LogP contribution in [0.15, 0.2) is 17.1 Å². The first kappa shape index (κ1) is 6.10. The van der Waals surface area contributed by atoms with Crippen LogP contribution in [0, 0.1) is 0 Å². The molecule has 0 aliphatic rings. The van der Waals surface area contributed by atoms with E-state index in [2.05, 4.69) is 22.2 Å². The van der Waals surface area contributed by atoms with Gasteiger partial charge in [0.2, 0.25) is 0 Å². The number of hydrogen-bond acceptors (Lipinski definition) is 3. The molecule has 0 radical (unpaired) electrons. The summed E-state index contributed by atoms with van der Waals surface area (Å²) in [5.41, 5.74) is -0.180. The van der Waals surface area contributed by atoms with Crippen molar-refractivity contribution in [3.63, 3.8) is 0 Å². The molecule has 0 unspecified atom stereocenters. The van der Waals surface area contributed by atoms with Crippen molar-refractivity contribution in [2.24, 2.45) is 0 Å². The lowest BCUT2D eigenvalue weighted by atomic mass is 10.6. The lowest BCUT2D eigenvalue weighted by Crippen LogP contribution is -2.07. The summed E-state index contributed by atoms with van der Waals surface area (Å²) in [4.78, 5) is 16.7. The summed E-state index contributed by atoms with van der Waals surface area (Å²) in [6.45, 7) is 0. The summed E-state index contributed by atoms with van der Waals surface area (Å²) in [6, 6.07) is 1.34. The highest BCUT2D eigenvalue weighted by Gasteiger charge is 1.84. The molecule has 3 nitrogen and oxygen atoms in total. The van der Waals surface area contributed by atoms with Gasteiger partial charge in [0.25, 0.3) is 5.56 Å². The van der Waals surface area contributed by atoms with Gasteiger partial charge in [0.1, 0.15) is 5.82 Å². The quantitative estimate of drug-likeness (QED) is 0.563. The van der Waals surface area contributed by atoms with E-state index in [0.717, 1.165) is 0 Å². The highest BCUT2D eigenvalue weighted by atomic mass is 32.1. The van der Waals surface area contributed by atoms with E-state index in [9.17, 15) is 4.79 Å². The van der Waals surface area contributed by atoms with Gasteiger partial charge in [0.05, 0.1) is 0 Å². The molecule has 46 valence electrons. The number of H-pyrrole nitrogens is 1. The summed E-state index contributed by atoms with van der Waals surface area (Å²) in [7, 11) is 0. The Balaban J connectivity index is 3.23. The molecule has 1 N–H and O–H groups in total. The largest absolute Gasteiger partial charge is 0.306 e. The van der Waals surface area contributed by atoms with Gasteiger partial charge in [-0.15, -0.1) is 0 Å². The molecule has 0 saturated heterocycles. The van der Waals surface area contributed by atoms with E-state index in [4.69, 9.17) is 0 Å². The van der Waals surface area contributed by atoms with E-state index < -0.39 is 0 Å². The van der Waals surface area contributed by atoms with Crippen molar-refractivity contribution < 1.29 is 0 Å². The van der Waals surface area contributed by atoms with Crippen molar-refractivity contribution in [2.75, 3.05) is 0 Å². The number of aromatic nitrogens is 2. The van der Waals surface area contributed by atoms with Crippen LogP contribution in [0.1, 0.15) is 5.82 Å². The van der Waals surface area contributed by atoms with Crippen LogP contribution < -0.4 is 5.56 Å². The molecule has 0 aliphatic carbocycles. The second-order valence-electron chi connectivity index (χ2n) is 1.44. The number of aromatic amines is 1. The Kier molecular flexibility index (Phi) is 1.69. The molecule has 0 saturated carbocycles. The Morgan fingerprint density at radius 2 is 2.56 bits per heavy atom. The van der Waals surface area contributed by atoms with Gasteiger partial charge in [-0.2, -0.15) is 0 Å². The summed E-state index contributed by atoms with van der Waals surface area (Å²) in [5.74, 6) is 0.428. The van der Waals surface area contributed by atoms with Crippen LogP contribution in [0.25, 0.3) is 0 Å². The minimum absolute atomic E-state index is 0.180. The van der Waals surface area contributed by atoms with Crippen LogP contribution in [0.5, 0.6) is 0 Å². The van der Waals surface area contributed by atoms with Gasteiger partial charge < -0.3 is 4.98 Å². The molecule has 0 spiro atoms. The molecule has 1 aromatic heterocycles. The van der Waals surface area contributed by atoms with Crippen LogP contribution in [0.4, 0.5) is 0 Å². The summed E-state index contributed by atoms with van der Waals surface area (Å²) in [5, 5.41) is 1.32. The molecule has 9 heavy (non-hydrogen) atoms. The van der Waals surface area contributed by atoms with Crippen molar-refractivity contribution in [3.8, 4) is 0 Å². The van der Waals surface area contributed by atoms with Gasteiger partial charge in [0, 0.05) is 17.6 Å². The first-order chi connectivity index (χ1) is 4.33. The normalized spacial score (nSPS) is 8.89. The Morgan fingerprint density at radius 1 is 1.78 bits per heavy atom. The van der Waals surface area contributed by atoms with Gasteiger partial charge in [-0.05, 0) is 0 Å². The number of hydrogen-bond donors (Lipinski definition) is 1. The monoisotopic (exact) mass is 140 g/mol. The molecule has 0 bridgehead atoms. The molecule has 4 heteroatoms. The van der Waals surface area contributed by atoms with Gasteiger partial charge in [-0.3, -0.25) is 4.79 Å². The number of nitrogens with one attached hydrogen (secondary N) is 1. The number of rotatable bonds is 1. The molecule has 0 aliphatic heterocycles. The number of thiocarbonyl (C=S) groups is 1. The van der Waals surface area contributed by atoms with Crippen LogP contribution in [-0.2, 0) is 0 Å². The van der Waals surface area contributed by atoms with E-state index in [-0.39, 0.29) is 5.56 Å². The maximum absolute atomic E-state index is 10.5. The third kappa shape index (κ3) is 1.43. The Morgan fingerprint density at radius 3 is 3.00 bits per heavy atom. The Labute approximate surface area is 56.8 Å². The fraction of sp³-hybridized carbons (Fsp3) is 0. The zero-order valence-corrected chi connectivity index (χ0v) is 5.31. The van der Waals surface area contributed by atoms with Crippen molar-refractivity contribution in [2.45, 2.75) is 0 Å². The van der Waals surface area contributed by atoms with Gasteiger partial charge in [-0.1, -0.05) is 12.2 Å². The molecule has 0 fully saturated rings. The van der Waals surface area contributed by atoms with E-state index in [1.807, 2.05) is 0 Å². The minimum Gasteiger partial charge on any atom is -0.306 e. The Bertz CT molecular complexity index is 268. The Hall–Kier alpha value is -1.03. The average Bonchev–Trinajstić information content (AvgIpc) is 1.88. The molecule has 1 heterocycles. The van der Waals surface area contributed by atoms with Crippen LogP contribution in [-0.4, -0.2) is 15.3 Å². The van der Waals surface area contributed by atoms with Crippen molar-refractivity contribution in [3.05, 3.63) is 28.4 Å². The fourth-order valence-electron chi connectivity index (χ4n) is 0.445. The summed E-state index contributed by atoms with van der Waals surface area (Å²) in [6.07, 6.45) is 1.41. The maximum Gasteiger partial charge on any atom is 0.251 e. The molecule has 0 amide bonds. The van der Waals surface area contributed by atoms with Crippen LogP contribution >= 0.6 is 12.2 Å². The van der Waals surface area contributed by atoms with Crippen LogP contribution in [0.2, 0.25) is 0 Å². The standard InChI is InChI=1S/C5H4N2OS/c8-5-1-2-6-4(3-9)7-5/h1-3H,(H,6,7,8). The van der Waals surface area contributed by atoms with Gasteiger partial charge in [-0.25, -0.2) is 4.98 Å². The lowest BCUT2D eigenvalue weighted by Gasteiger charge is -1.85. The van der Waals surface area contributed by atoms with Gasteiger partial charge >= 0.3 is 0 Å². The molecule has 0 aromatic carbocycles. The first-order valence-electron chi connectivity index (χ1n) is 2.33. The van der Waals surface area contributed by atoms with E-state index in [0.29, 0.717) is 5.82 Å². The second kappa shape index (κ2) is 2.50. The summed E-state index contributed by atoms with van der Waals surface area (Å²) < 4.78 is 0. The van der Waals surface area contributed by atoms with E-state index in [1.54, 1.807) is 0 Å². The third-order valence-corrected chi connectivity index (χ3v) is 1.03. The zero-order valence-electron chi connectivity index (χ0n) is 4.50. The van der Waals surface area contributed by atoms with Crippen LogP contribution in [0.3, 0.4) is 0 Å². The van der Waals surface area contributed by atoms with Crippen molar-refractivity contribution in [1.82, 2.24) is 9.97 Å². The number of nitrogens with zero attached hydrogens (tertiary/aromatic N) is 1. The fourth-order valence-corrected chi connectivity index (χ4v) is 0.565. The van der Waals surface area contributed by atoms with E-state index >= 15 is 0 Å². The SMILES string of the molecule is O=c1ccnc(C=S)[nH]1. The van der Waals surface area contributed by atoms with Crippen molar-refractivity contribution in [1.29, 1.82) is 0 Å². The van der Waals surface area contributed by atoms with Crippen molar-refractivity contribution >= 4 is 17.6 Å². The molecule has 1 aromatic rings. The molecular weight excluding hydrogens is 136 g/mol. The maximum atomic E-state index is 10.5. The molecular formula is C5H4N2OS.